The fourth-order valence-electron chi connectivity index (χ4n) is 1.43. The fraction of sp³-hybridized carbons (Fsp3) is 0.500. The van der Waals surface area contributed by atoms with Crippen LogP contribution in [-0.4, -0.2) is 6.54 Å². The first kappa shape index (κ1) is 15.1. The van der Waals surface area contributed by atoms with E-state index < -0.39 is 11.7 Å². The van der Waals surface area contributed by atoms with Gasteiger partial charge in [0.2, 0.25) is 0 Å². The summed E-state index contributed by atoms with van der Waals surface area (Å²) < 4.78 is 36.0. The molecule has 18 heavy (non-hydrogen) atoms. The van der Waals surface area contributed by atoms with Crippen molar-refractivity contribution < 1.29 is 13.2 Å². The number of halogens is 4. The van der Waals surface area contributed by atoms with E-state index in [1.54, 1.807) is 0 Å². The summed E-state index contributed by atoms with van der Waals surface area (Å²) in [7, 11) is 0. The SMILES string of the molecule is NCC1CCC1.Nc1ccc(C(F)(F)F)cc1Cl. The lowest BCUT2D eigenvalue weighted by Crippen LogP contribution is -2.20. The molecule has 0 aromatic heterocycles. The number of rotatable bonds is 1. The van der Waals surface area contributed by atoms with Crippen molar-refractivity contribution in [3.63, 3.8) is 0 Å². The molecule has 0 bridgehead atoms. The monoisotopic (exact) mass is 280 g/mol. The third-order valence-corrected chi connectivity index (χ3v) is 3.21. The third-order valence-electron chi connectivity index (χ3n) is 2.89. The van der Waals surface area contributed by atoms with Crippen LogP contribution in [0.15, 0.2) is 18.2 Å². The Bertz CT molecular complexity index is 387. The molecule has 2 nitrogen and oxygen atoms in total. The van der Waals surface area contributed by atoms with Gasteiger partial charge in [0.05, 0.1) is 16.3 Å². The van der Waals surface area contributed by atoms with E-state index in [-0.39, 0.29) is 10.7 Å². The van der Waals surface area contributed by atoms with E-state index in [0.29, 0.717) is 0 Å². The molecule has 0 unspecified atom stereocenters. The number of hydrogen-bond acceptors (Lipinski definition) is 2. The summed E-state index contributed by atoms with van der Waals surface area (Å²) in [5.74, 6) is 0.894. The van der Waals surface area contributed by atoms with Crippen LogP contribution in [0, 0.1) is 5.92 Å². The quantitative estimate of drug-likeness (QED) is 0.771. The van der Waals surface area contributed by atoms with Crippen LogP contribution in [0.1, 0.15) is 24.8 Å². The van der Waals surface area contributed by atoms with E-state index in [0.717, 1.165) is 30.7 Å². The molecule has 1 saturated carbocycles. The van der Waals surface area contributed by atoms with Crippen molar-refractivity contribution in [3.8, 4) is 0 Å². The van der Waals surface area contributed by atoms with Gasteiger partial charge >= 0.3 is 6.18 Å². The zero-order valence-corrected chi connectivity index (χ0v) is 10.6. The van der Waals surface area contributed by atoms with Crippen LogP contribution < -0.4 is 11.5 Å². The average Bonchev–Trinajstić information content (AvgIpc) is 2.20. The summed E-state index contributed by atoms with van der Waals surface area (Å²) in [6, 6.07) is 2.82. The van der Waals surface area contributed by atoms with Crippen LogP contribution in [0.4, 0.5) is 18.9 Å². The first-order chi connectivity index (χ1) is 8.34. The Labute approximate surface area is 109 Å². The van der Waals surface area contributed by atoms with Crippen LogP contribution >= 0.6 is 11.6 Å². The summed E-state index contributed by atoms with van der Waals surface area (Å²) in [6.07, 6.45) is -0.174. The van der Waals surface area contributed by atoms with Crippen LogP contribution in [-0.2, 0) is 6.18 Å². The van der Waals surface area contributed by atoms with Crippen molar-refractivity contribution in [1.29, 1.82) is 0 Å². The van der Waals surface area contributed by atoms with Crippen LogP contribution in [0.5, 0.6) is 0 Å². The molecule has 0 amide bonds. The molecule has 1 aliphatic rings. The molecule has 0 saturated heterocycles. The zero-order valence-electron chi connectivity index (χ0n) is 9.80. The highest BCUT2D eigenvalue weighted by molar-refractivity contribution is 6.33. The smallest absolute Gasteiger partial charge is 0.398 e. The predicted octanol–water partition coefficient (Wildman–Crippen LogP) is 3.69. The molecule has 0 atom stereocenters. The fourth-order valence-corrected chi connectivity index (χ4v) is 1.61. The third kappa shape index (κ3) is 4.38. The van der Waals surface area contributed by atoms with Gasteiger partial charge in [0.1, 0.15) is 0 Å². The molecule has 2 rings (SSSR count). The first-order valence-corrected chi connectivity index (χ1v) is 6.04. The molecule has 4 N–H and O–H groups in total. The topological polar surface area (TPSA) is 52.0 Å². The second-order valence-corrected chi connectivity index (χ2v) is 4.67. The minimum atomic E-state index is -4.36. The largest absolute Gasteiger partial charge is 0.416 e. The van der Waals surface area contributed by atoms with Crippen molar-refractivity contribution >= 4 is 17.3 Å². The average molecular weight is 281 g/mol. The van der Waals surface area contributed by atoms with Gasteiger partial charge in [0.25, 0.3) is 0 Å². The maximum Gasteiger partial charge on any atom is 0.416 e. The van der Waals surface area contributed by atoms with Gasteiger partial charge in [0, 0.05) is 0 Å². The van der Waals surface area contributed by atoms with Gasteiger partial charge in [-0.05, 0) is 43.5 Å². The lowest BCUT2D eigenvalue weighted by Gasteiger charge is -2.22. The molecule has 1 aromatic carbocycles. The maximum atomic E-state index is 12.0. The van der Waals surface area contributed by atoms with Crippen molar-refractivity contribution in [3.05, 3.63) is 28.8 Å². The summed E-state index contributed by atoms with van der Waals surface area (Å²) in [5.41, 5.74) is 9.92. The van der Waals surface area contributed by atoms with Gasteiger partial charge in [-0.25, -0.2) is 0 Å². The highest BCUT2D eigenvalue weighted by atomic mass is 35.5. The molecule has 1 aromatic rings. The van der Waals surface area contributed by atoms with E-state index in [4.69, 9.17) is 23.1 Å². The Hall–Kier alpha value is -0.940. The Morgan fingerprint density at radius 1 is 1.28 bits per heavy atom. The van der Waals surface area contributed by atoms with Gasteiger partial charge in [-0.15, -0.1) is 0 Å². The Morgan fingerprint density at radius 3 is 2.17 bits per heavy atom. The van der Waals surface area contributed by atoms with Crippen molar-refractivity contribution in [1.82, 2.24) is 0 Å². The molecule has 1 fully saturated rings. The number of anilines is 1. The predicted molar refractivity (Wildman–Crippen MR) is 67.3 cm³/mol. The second kappa shape index (κ2) is 6.29. The molecule has 1 aliphatic carbocycles. The summed E-state index contributed by atoms with van der Waals surface area (Å²) in [6.45, 7) is 0.917. The van der Waals surface area contributed by atoms with Crippen LogP contribution in [0.2, 0.25) is 5.02 Å². The van der Waals surface area contributed by atoms with E-state index >= 15 is 0 Å². The Kier molecular flexibility index (Phi) is 5.28. The molecular weight excluding hydrogens is 265 g/mol. The number of benzene rings is 1. The standard InChI is InChI=1S/C7H5ClF3N.C5H11N/c8-5-3-4(7(9,10)11)1-2-6(5)12;6-4-5-2-1-3-5/h1-3H,12H2;5H,1-4,6H2. The molecule has 0 heterocycles. The lowest BCUT2D eigenvalue weighted by molar-refractivity contribution is -0.137. The van der Waals surface area contributed by atoms with Crippen LogP contribution in [0.3, 0.4) is 0 Å². The van der Waals surface area contributed by atoms with Crippen molar-refractivity contribution in [2.24, 2.45) is 11.7 Å². The molecule has 0 radical (unpaired) electrons. The highest BCUT2D eigenvalue weighted by Gasteiger charge is 2.30. The number of nitrogens with two attached hydrogens (primary N) is 2. The summed E-state index contributed by atoms with van der Waals surface area (Å²) in [5, 5.41) is -0.0789. The molecule has 102 valence electrons. The molecular formula is C12H16ClF3N2. The Morgan fingerprint density at radius 2 is 1.89 bits per heavy atom. The highest BCUT2D eigenvalue weighted by Crippen LogP contribution is 2.32. The molecule has 0 spiro atoms. The molecule has 6 heteroatoms. The normalized spacial score (nSPS) is 15.6. The number of hydrogen-bond donors (Lipinski definition) is 2. The maximum absolute atomic E-state index is 12.0. The first-order valence-electron chi connectivity index (χ1n) is 5.67. The van der Waals surface area contributed by atoms with Crippen molar-refractivity contribution in [2.75, 3.05) is 12.3 Å². The Balaban J connectivity index is 0.000000225. The number of alkyl halides is 3. The van der Waals surface area contributed by atoms with E-state index in [1.807, 2.05) is 0 Å². The zero-order chi connectivity index (χ0) is 13.8. The van der Waals surface area contributed by atoms with Gasteiger partial charge in [0.15, 0.2) is 0 Å². The van der Waals surface area contributed by atoms with Gasteiger partial charge < -0.3 is 11.5 Å². The van der Waals surface area contributed by atoms with E-state index in [9.17, 15) is 13.2 Å². The minimum absolute atomic E-state index is 0.0789. The van der Waals surface area contributed by atoms with Crippen LogP contribution in [0.25, 0.3) is 0 Å². The second-order valence-electron chi connectivity index (χ2n) is 4.27. The lowest BCUT2D eigenvalue weighted by atomic mass is 9.86. The van der Waals surface area contributed by atoms with Crippen molar-refractivity contribution in [2.45, 2.75) is 25.4 Å². The minimum Gasteiger partial charge on any atom is -0.398 e. The summed E-state index contributed by atoms with van der Waals surface area (Å²) >= 11 is 5.39. The van der Waals surface area contributed by atoms with Gasteiger partial charge in [-0.2, -0.15) is 13.2 Å². The van der Waals surface area contributed by atoms with E-state index in [2.05, 4.69) is 0 Å². The summed E-state index contributed by atoms with van der Waals surface area (Å²) in [4.78, 5) is 0. The van der Waals surface area contributed by atoms with Gasteiger partial charge in [-0.1, -0.05) is 18.0 Å². The van der Waals surface area contributed by atoms with E-state index in [1.165, 1.54) is 19.3 Å². The number of nitrogen functional groups attached to an aromatic ring is 1. The van der Waals surface area contributed by atoms with Gasteiger partial charge in [-0.3, -0.25) is 0 Å². The molecule has 0 aliphatic heterocycles.